The highest BCUT2D eigenvalue weighted by Gasteiger charge is 2.37. The minimum atomic E-state index is -0.506. The summed E-state index contributed by atoms with van der Waals surface area (Å²) >= 11 is 12.2. The van der Waals surface area contributed by atoms with Crippen molar-refractivity contribution in [2.75, 3.05) is 7.11 Å². The zero-order valence-corrected chi connectivity index (χ0v) is 12.7. The predicted octanol–water partition coefficient (Wildman–Crippen LogP) is 3.79. The fourth-order valence-corrected chi connectivity index (χ4v) is 3.08. The van der Waals surface area contributed by atoms with E-state index in [2.05, 4.69) is 0 Å². The first kappa shape index (κ1) is 15.1. The molecule has 0 unspecified atom stereocenters. The number of esters is 1. The summed E-state index contributed by atoms with van der Waals surface area (Å²) in [6, 6.07) is 5.23. The molecule has 3 nitrogen and oxygen atoms in total. The summed E-state index contributed by atoms with van der Waals surface area (Å²) in [5.74, 6) is -1.24. The molecule has 106 valence electrons. The second-order valence-corrected chi connectivity index (χ2v) is 5.59. The van der Waals surface area contributed by atoms with E-state index in [-0.39, 0.29) is 24.1 Å². The number of ether oxygens (including phenoxy) is 1. The average Bonchev–Trinajstić information content (AvgIpc) is 2.40. The number of carbonyl (C=O) groups is 2. The lowest BCUT2D eigenvalue weighted by atomic mass is 9.75. The van der Waals surface area contributed by atoms with Gasteiger partial charge in [0.15, 0.2) is 5.78 Å². The summed E-state index contributed by atoms with van der Waals surface area (Å²) in [5, 5.41) is 0.794. The van der Waals surface area contributed by atoms with Gasteiger partial charge in [0, 0.05) is 12.3 Å². The molecule has 1 aromatic carbocycles. The number of methoxy groups -OCH3 is 1. The zero-order chi connectivity index (χ0) is 14.9. The Balaban J connectivity index is 2.52. The van der Waals surface area contributed by atoms with Crippen molar-refractivity contribution in [3.8, 4) is 0 Å². The Labute approximate surface area is 127 Å². The van der Waals surface area contributed by atoms with Gasteiger partial charge in [-0.15, -0.1) is 0 Å². The molecular formula is C15H14Cl2O3. The van der Waals surface area contributed by atoms with Gasteiger partial charge >= 0.3 is 5.97 Å². The second-order valence-electron chi connectivity index (χ2n) is 4.81. The van der Waals surface area contributed by atoms with Gasteiger partial charge in [-0.1, -0.05) is 40.9 Å². The van der Waals surface area contributed by atoms with E-state index in [1.165, 1.54) is 13.2 Å². The summed E-state index contributed by atoms with van der Waals surface area (Å²) in [5.41, 5.74) is 1.39. The standard InChI is InChI=1S/C15H14Cl2O3/c1-8-6-9(18)7-11(13(8)15(19)20-2)10-4-3-5-12(16)14(10)17/h3-6,11,13H,7H2,1-2H3/t11-,13+/m1/s1. The summed E-state index contributed by atoms with van der Waals surface area (Å²) in [6.45, 7) is 1.75. The van der Waals surface area contributed by atoms with Crippen LogP contribution in [0.15, 0.2) is 29.8 Å². The molecule has 0 saturated heterocycles. The van der Waals surface area contributed by atoms with Crippen molar-refractivity contribution in [2.24, 2.45) is 5.92 Å². The Hall–Kier alpha value is -1.32. The molecule has 0 aliphatic heterocycles. The lowest BCUT2D eigenvalue weighted by Crippen LogP contribution is -2.30. The Morgan fingerprint density at radius 1 is 1.35 bits per heavy atom. The van der Waals surface area contributed by atoms with E-state index < -0.39 is 5.92 Å². The van der Waals surface area contributed by atoms with E-state index >= 15 is 0 Å². The highest BCUT2D eigenvalue weighted by Crippen LogP contribution is 2.42. The van der Waals surface area contributed by atoms with Crippen molar-refractivity contribution in [3.05, 3.63) is 45.5 Å². The summed E-state index contributed by atoms with van der Waals surface area (Å²) in [6.07, 6.45) is 1.72. The largest absolute Gasteiger partial charge is 0.469 e. The van der Waals surface area contributed by atoms with E-state index in [0.717, 1.165) is 0 Å². The van der Waals surface area contributed by atoms with Gasteiger partial charge in [-0.25, -0.2) is 0 Å². The van der Waals surface area contributed by atoms with Crippen molar-refractivity contribution >= 4 is 35.0 Å². The number of ketones is 1. The molecule has 0 fully saturated rings. The molecule has 0 amide bonds. The summed E-state index contributed by atoms with van der Waals surface area (Å²) < 4.78 is 4.85. The van der Waals surface area contributed by atoms with Gasteiger partial charge in [-0.2, -0.15) is 0 Å². The molecule has 5 heteroatoms. The minimum Gasteiger partial charge on any atom is -0.469 e. The number of halogens is 2. The molecule has 0 bridgehead atoms. The van der Waals surface area contributed by atoms with Gasteiger partial charge < -0.3 is 4.74 Å². The maximum absolute atomic E-state index is 12.0. The smallest absolute Gasteiger partial charge is 0.313 e. The normalized spacial score (nSPS) is 22.4. The topological polar surface area (TPSA) is 43.4 Å². The van der Waals surface area contributed by atoms with E-state index in [1.54, 1.807) is 25.1 Å². The van der Waals surface area contributed by atoms with Crippen LogP contribution in [0.25, 0.3) is 0 Å². The molecule has 0 aromatic heterocycles. The number of hydrogen-bond acceptors (Lipinski definition) is 3. The predicted molar refractivity (Wildman–Crippen MR) is 78.1 cm³/mol. The van der Waals surface area contributed by atoms with E-state index in [9.17, 15) is 9.59 Å². The van der Waals surface area contributed by atoms with Gasteiger partial charge in [-0.05, 0) is 24.6 Å². The van der Waals surface area contributed by atoms with Crippen molar-refractivity contribution in [2.45, 2.75) is 19.3 Å². The van der Waals surface area contributed by atoms with Crippen molar-refractivity contribution in [3.63, 3.8) is 0 Å². The molecule has 1 aromatic rings. The van der Waals surface area contributed by atoms with Crippen LogP contribution in [-0.2, 0) is 14.3 Å². The van der Waals surface area contributed by atoms with Gasteiger partial charge in [0.05, 0.1) is 23.1 Å². The first-order valence-corrected chi connectivity index (χ1v) is 6.94. The third kappa shape index (κ3) is 2.74. The molecule has 0 N–H and O–H groups in total. The number of hydrogen-bond donors (Lipinski definition) is 0. The maximum Gasteiger partial charge on any atom is 0.313 e. The first-order valence-electron chi connectivity index (χ1n) is 6.18. The quantitative estimate of drug-likeness (QED) is 0.780. The summed E-state index contributed by atoms with van der Waals surface area (Å²) in [4.78, 5) is 23.8. The Morgan fingerprint density at radius 3 is 2.70 bits per heavy atom. The minimum absolute atomic E-state index is 0.0244. The second kappa shape index (κ2) is 5.98. The molecule has 1 aliphatic carbocycles. The zero-order valence-electron chi connectivity index (χ0n) is 11.2. The van der Waals surface area contributed by atoms with Gasteiger partial charge in [0.25, 0.3) is 0 Å². The fourth-order valence-electron chi connectivity index (χ4n) is 2.63. The number of rotatable bonds is 2. The molecule has 20 heavy (non-hydrogen) atoms. The molecular weight excluding hydrogens is 299 g/mol. The lowest BCUT2D eigenvalue weighted by Gasteiger charge is -2.29. The van der Waals surface area contributed by atoms with Crippen LogP contribution < -0.4 is 0 Å². The molecule has 2 rings (SSSR count). The van der Waals surface area contributed by atoms with E-state index in [4.69, 9.17) is 27.9 Å². The molecule has 0 heterocycles. The van der Waals surface area contributed by atoms with Gasteiger partial charge in [0.1, 0.15) is 0 Å². The molecule has 0 spiro atoms. The van der Waals surface area contributed by atoms with Gasteiger partial charge in [-0.3, -0.25) is 9.59 Å². The average molecular weight is 313 g/mol. The van der Waals surface area contributed by atoms with Gasteiger partial charge in [0.2, 0.25) is 0 Å². The molecule has 0 radical (unpaired) electrons. The molecule has 0 saturated carbocycles. The van der Waals surface area contributed by atoms with Crippen LogP contribution in [-0.4, -0.2) is 18.9 Å². The van der Waals surface area contributed by atoms with E-state index in [0.29, 0.717) is 21.2 Å². The van der Waals surface area contributed by atoms with Crippen LogP contribution in [0.3, 0.4) is 0 Å². The maximum atomic E-state index is 12.0. The van der Waals surface area contributed by atoms with Crippen molar-refractivity contribution < 1.29 is 14.3 Å². The molecule has 2 atom stereocenters. The number of benzene rings is 1. The van der Waals surface area contributed by atoms with Crippen molar-refractivity contribution in [1.29, 1.82) is 0 Å². The van der Waals surface area contributed by atoms with Crippen LogP contribution in [0.1, 0.15) is 24.8 Å². The monoisotopic (exact) mass is 312 g/mol. The Bertz CT molecular complexity index is 593. The van der Waals surface area contributed by atoms with Crippen LogP contribution in [0.5, 0.6) is 0 Å². The highest BCUT2D eigenvalue weighted by atomic mass is 35.5. The third-order valence-corrected chi connectivity index (χ3v) is 4.37. The van der Waals surface area contributed by atoms with Crippen LogP contribution in [0, 0.1) is 5.92 Å². The Morgan fingerprint density at radius 2 is 2.05 bits per heavy atom. The highest BCUT2D eigenvalue weighted by molar-refractivity contribution is 6.42. The molecule has 1 aliphatic rings. The summed E-state index contributed by atoms with van der Waals surface area (Å²) in [7, 11) is 1.34. The van der Waals surface area contributed by atoms with Crippen LogP contribution in [0.2, 0.25) is 10.0 Å². The third-order valence-electron chi connectivity index (χ3n) is 3.54. The number of carbonyl (C=O) groups excluding carboxylic acids is 2. The fraction of sp³-hybridized carbons (Fsp3) is 0.333. The number of allylic oxidation sites excluding steroid dienone is 1. The first-order chi connectivity index (χ1) is 9.45. The Kier molecular flexibility index (Phi) is 4.51. The lowest BCUT2D eigenvalue weighted by molar-refractivity contribution is -0.145. The van der Waals surface area contributed by atoms with Crippen LogP contribution >= 0.6 is 23.2 Å². The SMILES string of the molecule is COC(=O)[C@H]1C(C)=CC(=O)C[C@@H]1c1cccc(Cl)c1Cl. The van der Waals surface area contributed by atoms with Crippen LogP contribution in [0.4, 0.5) is 0 Å². The van der Waals surface area contributed by atoms with E-state index in [1.807, 2.05) is 0 Å². The van der Waals surface area contributed by atoms with Crippen molar-refractivity contribution in [1.82, 2.24) is 0 Å².